The summed E-state index contributed by atoms with van der Waals surface area (Å²) in [5.74, 6) is 0.431. The van der Waals surface area contributed by atoms with Gasteiger partial charge in [0.2, 0.25) is 0 Å². The van der Waals surface area contributed by atoms with Gasteiger partial charge >= 0.3 is 0 Å². The van der Waals surface area contributed by atoms with Gasteiger partial charge in [0.1, 0.15) is 11.8 Å². The molecular weight excluding hydrogens is 214 g/mol. The molecule has 0 saturated heterocycles. The molecule has 1 aliphatic heterocycles. The van der Waals surface area contributed by atoms with E-state index in [1.165, 1.54) is 0 Å². The van der Waals surface area contributed by atoms with Gasteiger partial charge in [-0.1, -0.05) is 23.7 Å². The monoisotopic (exact) mass is 223 g/mol. The van der Waals surface area contributed by atoms with Crippen molar-refractivity contribution in [3.8, 4) is 11.8 Å². The fraction of sp³-hybridized carbons (Fsp3) is 0.364. The Kier molecular flexibility index (Phi) is 2.56. The molecule has 3 nitrogen and oxygen atoms in total. The maximum absolute atomic E-state index is 10.1. The molecule has 0 spiro atoms. The SMILES string of the molecule is N#CC1(O)CCCOc2c(Cl)cccc21. The molecule has 0 fully saturated rings. The van der Waals surface area contributed by atoms with Gasteiger partial charge in [-0.2, -0.15) is 5.26 Å². The van der Waals surface area contributed by atoms with Crippen molar-refractivity contribution < 1.29 is 9.84 Å². The predicted molar refractivity (Wildman–Crippen MR) is 55.7 cm³/mol. The second-order valence-electron chi connectivity index (χ2n) is 3.54. The number of ether oxygens (including phenoxy) is 1. The number of hydrogen-bond donors (Lipinski definition) is 1. The van der Waals surface area contributed by atoms with Crippen LogP contribution in [0.15, 0.2) is 18.2 Å². The molecule has 0 aromatic heterocycles. The number of rotatable bonds is 0. The Labute approximate surface area is 92.9 Å². The largest absolute Gasteiger partial charge is 0.492 e. The number of benzene rings is 1. The fourth-order valence-electron chi connectivity index (χ4n) is 1.73. The Morgan fingerprint density at radius 1 is 1.53 bits per heavy atom. The van der Waals surface area contributed by atoms with Crippen LogP contribution >= 0.6 is 11.6 Å². The third kappa shape index (κ3) is 1.67. The van der Waals surface area contributed by atoms with Crippen LogP contribution in [0.5, 0.6) is 5.75 Å². The number of aliphatic hydroxyl groups is 1. The maximum atomic E-state index is 10.1. The summed E-state index contributed by atoms with van der Waals surface area (Å²) < 4.78 is 5.43. The Bertz CT molecular complexity index is 427. The first-order valence-corrected chi connectivity index (χ1v) is 5.10. The van der Waals surface area contributed by atoms with Crippen LogP contribution in [0.25, 0.3) is 0 Å². The summed E-state index contributed by atoms with van der Waals surface area (Å²) in [6.07, 6.45) is 1.01. The molecule has 1 N–H and O–H groups in total. The van der Waals surface area contributed by atoms with Crippen molar-refractivity contribution in [1.82, 2.24) is 0 Å². The fourth-order valence-corrected chi connectivity index (χ4v) is 1.96. The predicted octanol–water partition coefficient (Wildman–Crippen LogP) is 2.22. The van der Waals surface area contributed by atoms with E-state index in [0.717, 1.165) is 0 Å². The molecule has 1 heterocycles. The molecule has 1 aromatic rings. The van der Waals surface area contributed by atoms with Crippen molar-refractivity contribution in [2.24, 2.45) is 0 Å². The van der Waals surface area contributed by atoms with E-state index in [1.807, 2.05) is 6.07 Å². The molecule has 4 heteroatoms. The van der Waals surface area contributed by atoms with Gasteiger partial charge in [-0.3, -0.25) is 0 Å². The molecule has 15 heavy (non-hydrogen) atoms. The Balaban J connectivity index is 2.61. The normalized spacial score (nSPS) is 24.6. The lowest BCUT2D eigenvalue weighted by Gasteiger charge is -2.19. The van der Waals surface area contributed by atoms with E-state index < -0.39 is 5.60 Å². The molecule has 1 aliphatic rings. The van der Waals surface area contributed by atoms with Crippen LogP contribution in [0.3, 0.4) is 0 Å². The van der Waals surface area contributed by atoms with E-state index in [4.69, 9.17) is 21.6 Å². The number of hydrogen-bond acceptors (Lipinski definition) is 3. The average Bonchev–Trinajstić information content (AvgIpc) is 2.41. The molecular formula is C11H10ClNO2. The summed E-state index contributed by atoms with van der Waals surface area (Å²) in [5.41, 5.74) is -1.01. The van der Waals surface area contributed by atoms with E-state index in [0.29, 0.717) is 35.8 Å². The lowest BCUT2D eigenvalue weighted by atomic mass is 9.91. The summed E-state index contributed by atoms with van der Waals surface area (Å²) in [4.78, 5) is 0. The Morgan fingerprint density at radius 2 is 2.33 bits per heavy atom. The second-order valence-corrected chi connectivity index (χ2v) is 3.95. The van der Waals surface area contributed by atoms with Gasteiger partial charge in [0.25, 0.3) is 0 Å². The summed E-state index contributed by atoms with van der Waals surface area (Å²) in [7, 11) is 0. The van der Waals surface area contributed by atoms with Gasteiger partial charge in [-0.25, -0.2) is 0 Å². The van der Waals surface area contributed by atoms with Crippen LogP contribution in [0, 0.1) is 11.3 Å². The minimum absolute atomic E-state index is 0.372. The Hall–Kier alpha value is -1.24. The zero-order valence-electron chi connectivity index (χ0n) is 8.03. The summed E-state index contributed by atoms with van der Waals surface area (Å²) >= 11 is 5.95. The summed E-state index contributed by atoms with van der Waals surface area (Å²) in [6.45, 7) is 0.473. The molecule has 1 unspecified atom stereocenters. The summed E-state index contributed by atoms with van der Waals surface area (Å²) in [6, 6.07) is 6.99. The minimum atomic E-state index is -1.48. The van der Waals surface area contributed by atoms with Crippen LogP contribution in [0.2, 0.25) is 5.02 Å². The van der Waals surface area contributed by atoms with E-state index in [2.05, 4.69) is 0 Å². The van der Waals surface area contributed by atoms with Crippen LogP contribution in [-0.4, -0.2) is 11.7 Å². The van der Waals surface area contributed by atoms with Crippen molar-refractivity contribution in [1.29, 1.82) is 5.26 Å². The van der Waals surface area contributed by atoms with Gasteiger partial charge in [0.15, 0.2) is 5.60 Å². The van der Waals surface area contributed by atoms with Crippen LogP contribution in [0.1, 0.15) is 18.4 Å². The van der Waals surface area contributed by atoms with Crippen molar-refractivity contribution in [2.75, 3.05) is 6.61 Å². The van der Waals surface area contributed by atoms with Gasteiger partial charge in [-0.15, -0.1) is 0 Å². The highest BCUT2D eigenvalue weighted by molar-refractivity contribution is 6.32. The Morgan fingerprint density at radius 3 is 3.07 bits per heavy atom. The molecule has 0 saturated carbocycles. The summed E-state index contributed by atoms with van der Waals surface area (Å²) in [5, 5.41) is 19.6. The topological polar surface area (TPSA) is 53.2 Å². The highest BCUT2D eigenvalue weighted by atomic mass is 35.5. The van der Waals surface area contributed by atoms with Crippen LogP contribution < -0.4 is 4.74 Å². The maximum Gasteiger partial charge on any atom is 0.180 e. The molecule has 78 valence electrons. The third-order valence-electron chi connectivity index (χ3n) is 2.53. The highest BCUT2D eigenvalue weighted by Gasteiger charge is 2.34. The van der Waals surface area contributed by atoms with Crippen molar-refractivity contribution in [3.05, 3.63) is 28.8 Å². The zero-order valence-corrected chi connectivity index (χ0v) is 8.79. The molecule has 0 amide bonds. The average molecular weight is 224 g/mol. The molecule has 2 rings (SSSR count). The van der Waals surface area contributed by atoms with E-state index in [1.54, 1.807) is 18.2 Å². The van der Waals surface area contributed by atoms with Gasteiger partial charge < -0.3 is 9.84 Å². The first-order chi connectivity index (χ1) is 7.17. The highest BCUT2D eigenvalue weighted by Crippen LogP contribution is 2.39. The number of nitriles is 1. The van der Waals surface area contributed by atoms with Crippen molar-refractivity contribution in [3.63, 3.8) is 0 Å². The number of para-hydroxylation sites is 1. The number of halogens is 1. The van der Waals surface area contributed by atoms with E-state index in [-0.39, 0.29) is 0 Å². The standard InChI is InChI=1S/C11H10ClNO2/c12-9-4-1-3-8-10(9)15-6-2-5-11(8,14)7-13/h1,3-4,14H,2,5-6H2. The smallest absolute Gasteiger partial charge is 0.180 e. The van der Waals surface area contributed by atoms with Crippen LogP contribution in [0.4, 0.5) is 0 Å². The van der Waals surface area contributed by atoms with Gasteiger partial charge in [-0.05, 0) is 18.9 Å². The molecule has 0 aliphatic carbocycles. The molecule has 0 radical (unpaired) electrons. The first-order valence-electron chi connectivity index (χ1n) is 4.73. The van der Waals surface area contributed by atoms with E-state index in [9.17, 15) is 5.11 Å². The van der Waals surface area contributed by atoms with E-state index >= 15 is 0 Å². The number of nitrogens with zero attached hydrogens (tertiary/aromatic N) is 1. The first kappa shape index (κ1) is 10.3. The lowest BCUT2D eigenvalue weighted by molar-refractivity contribution is 0.0884. The second kappa shape index (κ2) is 3.73. The lowest BCUT2D eigenvalue weighted by Crippen LogP contribution is -2.22. The minimum Gasteiger partial charge on any atom is -0.492 e. The molecule has 1 aromatic carbocycles. The number of fused-ring (bicyclic) bond motifs is 1. The quantitative estimate of drug-likeness (QED) is 0.687. The van der Waals surface area contributed by atoms with Crippen LogP contribution in [-0.2, 0) is 5.60 Å². The van der Waals surface area contributed by atoms with Crippen molar-refractivity contribution in [2.45, 2.75) is 18.4 Å². The zero-order chi connectivity index (χ0) is 10.9. The van der Waals surface area contributed by atoms with Gasteiger partial charge in [0.05, 0.1) is 11.6 Å². The molecule has 0 bridgehead atoms. The third-order valence-corrected chi connectivity index (χ3v) is 2.82. The molecule has 1 atom stereocenters. The van der Waals surface area contributed by atoms with Gasteiger partial charge in [0, 0.05) is 5.56 Å². The van der Waals surface area contributed by atoms with Crippen molar-refractivity contribution >= 4 is 11.6 Å².